The summed E-state index contributed by atoms with van der Waals surface area (Å²) in [6.45, 7) is 4.96. The summed E-state index contributed by atoms with van der Waals surface area (Å²) in [5, 5.41) is 11.8. The number of fused-ring (bicyclic) bond motifs is 1. The van der Waals surface area contributed by atoms with Crippen LogP contribution in [0, 0.1) is 0 Å². The molecule has 0 aliphatic heterocycles. The SMILES string of the molecule is CCC(C)(NC(=O)C(C)n1cnc2ccccc21)C(=O)O. The quantitative estimate of drug-likeness (QED) is 0.881. The number of hydrogen-bond donors (Lipinski definition) is 2. The normalized spacial score (nSPS) is 15.4. The first-order valence-corrected chi connectivity index (χ1v) is 6.86. The maximum absolute atomic E-state index is 12.3. The average Bonchev–Trinajstić information content (AvgIpc) is 2.89. The van der Waals surface area contributed by atoms with Crippen molar-refractivity contribution in [2.24, 2.45) is 0 Å². The summed E-state index contributed by atoms with van der Waals surface area (Å²) in [6, 6.07) is 6.95. The van der Waals surface area contributed by atoms with Crippen LogP contribution in [0.4, 0.5) is 0 Å². The van der Waals surface area contributed by atoms with Crippen molar-refractivity contribution in [3.8, 4) is 0 Å². The Morgan fingerprint density at radius 1 is 1.43 bits per heavy atom. The van der Waals surface area contributed by atoms with E-state index in [-0.39, 0.29) is 5.91 Å². The van der Waals surface area contributed by atoms with E-state index in [2.05, 4.69) is 10.3 Å². The number of imidazole rings is 1. The molecule has 1 amide bonds. The number of aliphatic carboxylic acids is 1. The number of para-hydroxylation sites is 2. The third-order valence-electron chi connectivity index (χ3n) is 3.86. The van der Waals surface area contributed by atoms with Crippen molar-refractivity contribution in [3.63, 3.8) is 0 Å². The van der Waals surface area contributed by atoms with Crippen LogP contribution in [0.1, 0.15) is 33.2 Å². The Balaban J connectivity index is 2.25. The highest BCUT2D eigenvalue weighted by molar-refractivity contribution is 5.89. The standard InChI is InChI=1S/C15H19N3O3/c1-4-15(3,14(20)21)17-13(19)10(2)18-9-16-11-7-5-6-8-12(11)18/h5-10H,4H2,1-3H3,(H,17,19)(H,20,21). The van der Waals surface area contributed by atoms with Crippen molar-refractivity contribution in [2.75, 3.05) is 0 Å². The van der Waals surface area contributed by atoms with Gasteiger partial charge in [-0.1, -0.05) is 19.1 Å². The number of rotatable bonds is 5. The molecule has 0 saturated heterocycles. The Labute approximate surface area is 122 Å². The lowest BCUT2D eigenvalue weighted by atomic mass is 9.99. The first-order chi connectivity index (χ1) is 9.89. The minimum Gasteiger partial charge on any atom is -0.480 e. The Hall–Kier alpha value is -2.37. The van der Waals surface area contributed by atoms with Crippen molar-refractivity contribution in [3.05, 3.63) is 30.6 Å². The number of nitrogens with one attached hydrogen (secondary N) is 1. The molecule has 0 spiro atoms. The lowest BCUT2D eigenvalue weighted by Crippen LogP contribution is -2.53. The molecule has 6 nitrogen and oxygen atoms in total. The van der Waals surface area contributed by atoms with Gasteiger partial charge >= 0.3 is 5.97 Å². The molecular formula is C15H19N3O3. The smallest absolute Gasteiger partial charge is 0.329 e. The number of nitrogens with zero attached hydrogens (tertiary/aromatic N) is 2. The van der Waals surface area contributed by atoms with Gasteiger partial charge in [0, 0.05) is 0 Å². The fourth-order valence-corrected chi connectivity index (χ4v) is 2.08. The number of carbonyl (C=O) groups excluding carboxylic acids is 1. The Kier molecular flexibility index (Phi) is 3.97. The van der Waals surface area contributed by atoms with E-state index in [0.717, 1.165) is 11.0 Å². The Bertz CT molecular complexity index is 680. The van der Waals surface area contributed by atoms with Gasteiger partial charge in [-0.15, -0.1) is 0 Å². The highest BCUT2D eigenvalue weighted by Crippen LogP contribution is 2.19. The molecule has 2 rings (SSSR count). The van der Waals surface area contributed by atoms with Gasteiger partial charge in [0.1, 0.15) is 11.6 Å². The van der Waals surface area contributed by atoms with Crippen molar-refractivity contribution >= 4 is 22.9 Å². The van der Waals surface area contributed by atoms with E-state index in [1.165, 1.54) is 6.92 Å². The highest BCUT2D eigenvalue weighted by atomic mass is 16.4. The third-order valence-corrected chi connectivity index (χ3v) is 3.86. The van der Waals surface area contributed by atoms with Crippen LogP contribution in [-0.2, 0) is 9.59 Å². The Morgan fingerprint density at radius 2 is 2.10 bits per heavy atom. The van der Waals surface area contributed by atoms with Gasteiger partial charge < -0.3 is 15.0 Å². The molecule has 1 aromatic carbocycles. The number of carboxylic acids is 1. The molecule has 0 aliphatic carbocycles. The lowest BCUT2D eigenvalue weighted by molar-refractivity contribution is -0.147. The number of amides is 1. The van der Waals surface area contributed by atoms with Gasteiger partial charge in [-0.25, -0.2) is 9.78 Å². The summed E-state index contributed by atoms with van der Waals surface area (Å²) in [7, 11) is 0. The van der Waals surface area contributed by atoms with Crippen LogP contribution in [0.25, 0.3) is 11.0 Å². The second-order valence-corrected chi connectivity index (χ2v) is 5.30. The van der Waals surface area contributed by atoms with Crippen LogP contribution in [0.15, 0.2) is 30.6 Å². The van der Waals surface area contributed by atoms with Gasteiger partial charge in [-0.2, -0.15) is 0 Å². The number of aromatic nitrogens is 2. The second kappa shape index (κ2) is 5.55. The number of carboxylic acid groups (broad SMARTS) is 1. The minimum absolute atomic E-state index is 0.311. The number of benzene rings is 1. The van der Waals surface area contributed by atoms with Crippen molar-refractivity contribution in [1.29, 1.82) is 0 Å². The summed E-state index contributed by atoms with van der Waals surface area (Å²) in [5.41, 5.74) is 0.379. The summed E-state index contributed by atoms with van der Waals surface area (Å²) >= 11 is 0. The first kappa shape index (κ1) is 15.0. The summed E-state index contributed by atoms with van der Waals surface area (Å²) in [6.07, 6.45) is 1.91. The molecule has 2 N–H and O–H groups in total. The third kappa shape index (κ3) is 2.74. The molecule has 21 heavy (non-hydrogen) atoms. The highest BCUT2D eigenvalue weighted by Gasteiger charge is 2.34. The van der Waals surface area contributed by atoms with Crippen molar-refractivity contribution < 1.29 is 14.7 Å². The maximum Gasteiger partial charge on any atom is 0.329 e. The van der Waals surface area contributed by atoms with Crippen LogP contribution in [0.3, 0.4) is 0 Å². The summed E-state index contributed by atoms with van der Waals surface area (Å²) in [4.78, 5) is 27.9. The average molecular weight is 289 g/mol. The fraction of sp³-hybridized carbons (Fsp3) is 0.400. The topological polar surface area (TPSA) is 84.2 Å². The van der Waals surface area contributed by atoms with Gasteiger partial charge in [-0.3, -0.25) is 4.79 Å². The van der Waals surface area contributed by atoms with E-state index in [1.54, 1.807) is 24.7 Å². The zero-order valence-electron chi connectivity index (χ0n) is 12.3. The fourth-order valence-electron chi connectivity index (χ4n) is 2.08. The van der Waals surface area contributed by atoms with Crippen LogP contribution >= 0.6 is 0 Å². The molecule has 0 radical (unpaired) electrons. The minimum atomic E-state index is -1.26. The molecule has 0 bridgehead atoms. The van der Waals surface area contributed by atoms with Gasteiger partial charge in [-0.05, 0) is 32.4 Å². The summed E-state index contributed by atoms with van der Waals surface area (Å²) < 4.78 is 1.74. The largest absolute Gasteiger partial charge is 0.480 e. The van der Waals surface area contributed by atoms with E-state index in [4.69, 9.17) is 0 Å². The molecule has 0 saturated carbocycles. The number of carbonyl (C=O) groups is 2. The molecule has 112 valence electrons. The Morgan fingerprint density at radius 3 is 2.71 bits per heavy atom. The van der Waals surface area contributed by atoms with E-state index < -0.39 is 17.6 Å². The number of hydrogen-bond acceptors (Lipinski definition) is 3. The van der Waals surface area contributed by atoms with Crippen LogP contribution < -0.4 is 5.32 Å². The van der Waals surface area contributed by atoms with Crippen LogP contribution in [-0.4, -0.2) is 32.1 Å². The van der Waals surface area contributed by atoms with Crippen LogP contribution in [0.5, 0.6) is 0 Å². The van der Waals surface area contributed by atoms with E-state index in [9.17, 15) is 14.7 Å². The molecule has 2 aromatic rings. The van der Waals surface area contributed by atoms with Crippen molar-refractivity contribution in [1.82, 2.24) is 14.9 Å². The molecule has 1 aromatic heterocycles. The second-order valence-electron chi connectivity index (χ2n) is 5.30. The van der Waals surface area contributed by atoms with Gasteiger partial charge in [0.2, 0.25) is 5.91 Å². The van der Waals surface area contributed by atoms with E-state index in [0.29, 0.717) is 6.42 Å². The van der Waals surface area contributed by atoms with E-state index >= 15 is 0 Å². The molecule has 6 heteroatoms. The molecular weight excluding hydrogens is 270 g/mol. The van der Waals surface area contributed by atoms with E-state index in [1.807, 2.05) is 24.3 Å². The first-order valence-electron chi connectivity index (χ1n) is 6.86. The predicted molar refractivity (Wildman–Crippen MR) is 78.9 cm³/mol. The predicted octanol–water partition coefficient (Wildman–Crippen LogP) is 1.97. The molecule has 1 heterocycles. The van der Waals surface area contributed by atoms with Crippen LogP contribution in [0.2, 0.25) is 0 Å². The monoisotopic (exact) mass is 289 g/mol. The molecule has 2 unspecified atom stereocenters. The van der Waals surface area contributed by atoms with Gasteiger partial charge in [0.15, 0.2) is 0 Å². The molecule has 2 atom stereocenters. The lowest BCUT2D eigenvalue weighted by Gasteiger charge is -2.26. The zero-order valence-corrected chi connectivity index (χ0v) is 12.3. The molecule has 0 fully saturated rings. The summed E-state index contributed by atoms with van der Waals surface area (Å²) in [5.74, 6) is -1.38. The van der Waals surface area contributed by atoms with Crippen molar-refractivity contribution in [2.45, 2.75) is 38.8 Å². The van der Waals surface area contributed by atoms with Gasteiger partial charge in [0.05, 0.1) is 17.4 Å². The van der Waals surface area contributed by atoms with Gasteiger partial charge in [0.25, 0.3) is 0 Å². The zero-order chi connectivity index (χ0) is 15.6. The maximum atomic E-state index is 12.3. The molecule has 0 aliphatic rings.